The lowest BCUT2D eigenvalue weighted by molar-refractivity contribution is 0.0508. The van der Waals surface area contributed by atoms with E-state index in [4.69, 9.17) is 15.7 Å². The Hall–Kier alpha value is -1.55. The molecule has 0 saturated carbocycles. The summed E-state index contributed by atoms with van der Waals surface area (Å²) in [6, 6.07) is 7.47. The Kier molecular flexibility index (Phi) is 4.79. The number of hydrogen-bond donors (Lipinski definition) is 2. The van der Waals surface area contributed by atoms with Gasteiger partial charge in [-0.2, -0.15) is 0 Å². The van der Waals surface area contributed by atoms with Gasteiger partial charge in [0.05, 0.1) is 12.7 Å². The van der Waals surface area contributed by atoms with E-state index in [-0.39, 0.29) is 11.9 Å². The molecule has 0 bridgehead atoms. The van der Waals surface area contributed by atoms with Gasteiger partial charge in [0, 0.05) is 5.56 Å². The highest BCUT2D eigenvalue weighted by molar-refractivity contribution is 5.97. The average Bonchev–Trinajstić information content (AvgIpc) is 2.35. The van der Waals surface area contributed by atoms with Crippen molar-refractivity contribution in [3.63, 3.8) is 0 Å². The van der Waals surface area contributed by atoms with Crippen LogP contribution in [0.3, 0.4) is 0 Å². The van der Waals surface area contributed by atoms with Crippen molar-refractivity contribution in [2.75, 3.05) is 0 Å². The first-order chi connectivity index (χ1) is 7.67. The van der Waals surface area contributed by atoms with Crippen LogP contribution in [-0.4, -0.2) is 17.1 Å². The average molecular weight is 222 g/mol. The van der Waals surface area contributed by atoms with E-state index in [1.165, 1.54) is 0 Å². The molecule has 1 aromatic carbocycles. The van der Waals surface area contributed by atoms with Crippen molar-refractivity contribution in [3.8, 4) is 0 Å². The third kappa shape index (κ3) is 3.55. The quantitative estimate of drug-likeness (QED) is 0.347. The van der Waals surface area contributed by atoms with Crippen LogP contribution in [0.25, 0.3) is 0 Å². The third-order valence-electron chi connectivity index (χ3n) is 2.44. The maximum absolute atomic E-state index is 8.57. The Morgan fingerprint density at radius 3 is 2.94 bits per heavy atom. The minimum absolute atomic E-state index is 0.116. The van der Waals surface area contributed by atoms with Gasteiger partial charge in [-0.15, -0.1) is 0 Å². The van der Waals surface area contributed by atoms with Gasteiger partial charge in [-0.05, 0) is 25.0 Å². The summed E-state index contributed by atoms with van der Waals surface area (Å²) < 4.78 is 5.60. The zero-order valence-corrected chi connectivity index (χ0v) is 9.68. The number of rotatable bonds is 5. The maximum atomic E-state index is 8.57. The van der Waals surface area contributed by atoms with E-state index in [9.17, 15) is 0 Å². The smallest absolute Gasteiger partial charge is 0.170 e. The van der Waals surface area contributed by atoms with E-state index in [1.807, 2.05) is 25.1 Å². The van der Waals surface area contributed by atoms with Crippen LogP contribution in [0.15, 0.2) is 29.4 Å². The highest BCUT2D eigenvalue weighted by Crippen LogP contribution is 2.08. The molecule has 0 aliphatic heterocycles. The molecule has 1 rings (SSSR count). The number of nitrogens with two attached hydrogens (primary N) is 1. The highest BCUT2D eigenvalue weighted by atomic mass is 16.5. The lowest BCUT2D eigenvalue weighted by atomic mass is 10.1. The molecular weight excluding hydrogens is 204 g/mol. The Morgan fingerprint density at radius 2 is 2.31 bits per heavy atom. The second-order valence-corrected chi connectivity index (χ2v) is 3.72. The summed E-state index contributed by atoms with van der Waals surface area (Å²) in [6.07, 6.45) is 1.23. The molecule has 0 radical (unpaired) electrons. The third-order valence-corrected chi connectivity index (χ3v) is 2.44. The van der Waals surface area contributed by atoms with E-state index < -0.39 is 0 Å². The largest absolute Gasteiger partial charge is 0.409 e. The summed E-state index contributed by atoms with van der Waals surface area (Å²) in [7, 11) is 0. The molecule has 0 aromatic heterocycles. The van der Waals surface area contributed by atoms with Gasteiger partial charge in [0.1, 0.15) is 0 Å². The first kappa shape index (κ1) is 12.5. The van der Waals surface area contributed by atoms with Gasteiger partial charge >= 0.3 is 0 Å². The topological polar surface area (TPSA) is 67.8 Å². The van der Waals surface area contributed by atoms with Gasteiger partial charge in [0.15, 0.2) is 5.84 Å². The zero-order valence-electron chi connectivity index (χ0n) is 9.68. The Bertz CT molecular complexity index is 364. The molecule has 1 atom stereocenters. The second kappa shape index (κ2) is 6.12. The van der Waals surface area contributed by atoms with E-state index in [0.717, 1.165) is 12.0 Å². The monoisotopic (exact) mass is 222 g/mol. The van der Waals surface area contributed by atoms with Gasteiger partial charge in [0.2, 0.25) is 0 Å². The number of amidine groups is 1. The molecule has 88 valence electrons. The van der Waals surface area contributed by atoms with Crippen LogP contribution in [0, 0.1) is 0 Å². The number of ether oxygens (including phenoxy) is 1. The molecular formula is C12H18N2O2. The first-order valence-corrected chi connectivity index (χ1v) is 5.35. The van der Waals surface area contributed by atoms with Crippen LogP contribution in [0.2, 0.25) is 0 Å². The fourth-order valence-corrected chi connectivity index (χ4v) is 1.23. The highest BCUT2D eigenvalue weighted by Gasteiger charge is 2.02. The van der Waals surface area contributed by atoms with Crippen molar-refractivity contribution in [3.05, 3.63) is 35.4 Å². The molecule has 1 unspecified atom stereocenters. The summed E-state index contributed by atoms with van der Waals surface area (Å²) in [4.78, 5) is 0. The molecule has 0 fully saturated rings. The van der Waals surface area contributed by atoms with Crippen molar-refractivity contribution >= 4 is 5.84 Å². The zero-order chi connectivity index (χ0) is 12.0. The van der Waals surface area contributed by atoms with Crippen LogP contribution in [0.5, 0.6) is 0 Å². The van der Waals surface area contributed by atoms with Gasteiger partial charge in [0.25, 0.3) is 0 Å². The van der Waals surface area contributed by atoms with Crippen molar-refractivity contribution in [1.29, 1.82) is 0 Å². The van der Waals surface area contributed by atoms with Gasteiger partial charge < -0.3 is 15.7 Å². The minimum atomic E-state index is 0.116. The second-order valence-electron chi connectivity index (χ2n) is 3.72. The Morgan fingerprint density at radius 1 is 1.56 bits per heavy atom. The van der Waals surface area contributed by atoms with Gasteiger partial charge in [-0.1, -0.05) is 30.3 Å². The van der Waals surface area contributed by atoms with E-state index in [0.29, 0.717) is 12.2 Å². The molecule has 0 heterocycles. The van der Waals surface area contributed by atoms with E-state index >= 15 is 0 Å². The predicted octanol–water partition coefficient (Wildman–Crippen LogP) is 2.10. The number of nitrogens with zero attached hydrogens (tertiary/aromatic N) is 1. The Labute approximate surface area is 95.7 Å². The van der Waals surface area contributed by atoms with E-state index in [1.54, 1.807) is 6.07 Å². The Balaban J connectivity index is 2.68. The van der Waals surface area contributed by atoms with Crippen LogP contribution in [0.4, 0.5) is 0 Å². The minimum Gasteiger partial charge on any atom is -0.409 e. The van der Waals surface area contributed by atoms with Crippen molar-refractivity contribution < 1.29 is 9.94 Å². The predicted molar refractivity (Wildman–Crippen MR) is 63.5 cm³/mol. The van der Waals surface area contributed by atoms with Crippen LogP contribution in [-0.2, 0) is 11.3 Å². The van der Waals surface area contributed by atoms with Crippen molar-refractivity contribution in [2.45, 2.75) is 33.0 Å². The van der Waals surface area contributed by atoms with Gasteiger partial charge in [-0.25, -0.2) is 0 Å². The van der Waals surface area contributed by atoms with Crippen LogP contribution >= 0.6 is 0 Å². The maximum Gasteiger partial charge on any atom is 0.170 e. The molecule has 4 nitrogen and oxygen atoms in total. The number of oxime groups is 1. The van der Waals surface area contributed by atoms with E-state index in [2.05, 4.69) is 12.1 Å². The summed E-state index contributed by atoms with van der Waals surface area (Å²) in [5, 5.41) is 11.5. The SMILES string of the molecule is CCC(C)OCc1cccc(C(N)=NO)c1. The van der Waals surface area contributed by atoms with Gasteiger partial charge in [-0.3, -0.25) is 0 Å². The first-order valence-electron chi connectivity index (χ1n) is 5.35. The molecule has 0 spiro atoms. The van der Waals surface area contributed by atoms with Crippen LogP contribution in [0.1, 0.15) is 31.4 Å². The summed E-state index contributed by atoms with van der Waals surface area (Å²) in [5.74, 6) is 0.116. The molecule has 0 saturated heterocycles. The molecule has 16 heavy (non-hydrogen) atoms. The number of hydrogen-bond acceptors (Lipinski definition) is 3. The van der Waals surface area contributed by atoms with Crippen molar-refractivity contribution in [1.82, 2.24) is 0 Å². The normalized spacial score (nSPS) is 13.8. The summed E-state index contributed by atoms with van der Waals surface area (Å²) in [5.41, 5.74) is 7.22. The number of benzene rings is 1. The molecule has 0 aliphatic carbocycles. The standard InChI is InChI=1S/C12H18N2O2/c1-3-9(2)16-8-10-5-4-6-11(7-10)12(13)14-15/h4-7,9,15H,3,8H2,1-2H3,(H2,13,14). The van der Waals surface area contributed by atoms with Crippen LogP contribution < -0.4 is 5.73 Å². The fourth-order valence-electron chi connectivity index (χ4n) is 1.23. The summed E-state index contributed by atoms with van der Waals surface area (Å²) >= 11 is 0. The molecule has 4 heteroatoms. The van der Waals surface area contributed by atoms with Crippen molar-refractivity contribution in [2.24, 2.45) is 10.9 Å². The lowest BCUT2D eigenvalue weighted by Crippen LogP contribution is -2.13. The molecule has 3 N–H and O–H groups in total. The lowest BCUT2D eigenvalue weighted by Gasteiger charge is -2.11. The molecule has 0 amide bonds. The molecule has 1 aromatic rings. The fraction of sp³-hybridized carbons (Fsp3) is 0.417. The summed E-state index contributed by atoms with van der Waals surface area (Å²) in [6.45, 7) is 4.66. The molecule has 0 aliphatic rings.